The molecule has 0 saturated carbocycles. The number of carboxylic acid groups (broad SMARTS) is 1. The summed E-state index contributed by atoms with van der Waals surface area (Å²) >= 11 is 0. The number of hydrogen-bond acceptors (Lipinski definition) is 8. The van der Waals surface area contributed by atoms with Crippen molar-refractivity contribution in [3.63, 3.8) is 0 Å². The number of nitrogens with zero attached hydrogens (tertiary/aromatic N) is 2. The highest BCUT2D eigenvalue weighted by Gasteiger charge is 2.41. The van der Waals surface area contributed by atoms with E-state index in [0.717, 1.165) is 24.3 Å². The van der Waals surface area contributed by atoms with Crippen molar-refractivity contribution in [2.24, 2.45) is 5.73 Å². The molecule has 0 aromatic heterocycles. The van der Waals surface area contributed by atoms with Crippen molar-refractivity contribution in [1.82, 2.24) is 4.31 Å². The number of nitro groups is 1. The fourth-order valence-electron chi connectivity index (χ4n) is 1.89. The zero-order valence-corrected chi connectivity index (χ0v) is 14.2. The molecule has 1 atom stereocenters. The summed E-state index contributed by atoms with van der Waals surface area (Å²) in [6.07, 6.45) is -2.51. The molecule has 26 heavy (non-hydrogen) atoms. The van der Waals surface area contributed by atoms with E-state index in [4.69, 9.17) is 5.73 Å². The van der Waals surface area contributed by atoms with Gasteiger partial charge in [0.05, 0.1) is 22.8 Å². The molecule has 0 fully saturated rings. The van der Waals surface area contributed by atoms with Crippen LogP contribution < -0.4 is 5.73 Å². The summed E-state index contributed by atoms with van der Waals surface area (Å²) < 4.78 is 29.8. The van der Waals surface area contributed by atoms with Crippen LogP contribution in [0.2, 0.25) is 0 Å². The summed E-state index contributed by atoms with van der Waals surface area (Å²) in [4.78, 5) is 43.8. The maximum Gasteiger partial charge on any atom is 0.424 e. The number of sulfonamides is 1. The third-order valence-electron chi connectivity index (χ3n) is 3.01. The zero-order valence-electron chi connectivity index (χ0n) is 13.4. The lowest BCUT2D eigenvalue weighted by molar-refractivity contribution is -0.384. The molecule has 0 heterocycles. The zero-order chi connectivity index (χ0) is 20.1. The fourth-order valence-corrected chi connectivity index (χ4v) is 3.35. The summed E-state index contributed by atoms with van der Waals surface area (Å²) in [5.41, 5.74) is 4.51. The Bertz CT molecular complexity index is 820. The van der Waals surface area contributed by atoms with Crippen LogP contribution in [0.25, 0.3) is 0 Å². The van der Waals surface area contributed by atoms with E-state index >= 15 is 0 Å². The minimum Gasteiger partial charge on any atom is -0.480 e. The molecule has 2 amide bonds. The van der Waals surface area contributed by atoms with E-state index in [1.165, 1.54) is 6.92 Å². The average Bonchev–Trinajstić information content (AvgIpc) is 2.53. The second kappa shape index (κ2) is 8.24. The molecule has 1 aromatic rings. The number of benzene rings is 1. The highest BCUT2D eigenvalue weighted by Crippen LogP contribution is 2.23. The summed E-state index contributed by atoms with van der Waals surface area (Å²) in [5.74, 6) is -2.96. The lowest BCUT2D eigenvalue weighted by Gasteiger charge is -2.26. The van der Waals surface area contributed by atoms with Crippen LogP contribution in [0.3, 0.4) is 0 Å². The molecule has 0 saturated heterocycles. The molecule has 0 bridgehead atoms. The van der Waals surface area contributed by atoms with Crippen LogP contribution in [0, 0.1) is 10.1 Å². The number of aliphatic carboxylic acids is 1. The molecule has 0 radical (unpaired) electrons. The van der Waals surface area contributed by atoms with Gasteiger partial charge in [0.1, 0.15) is 0 Å². The number of carbonyl (C=O) groups is 3. The molecule has 0 aliphatic rings. The molecule has 142 valence electrons. The molecule has 0 aliphatic heterocycles. The Morgan fingerprint density at radius 1 is 1.31 bits per heavy atom. The van der Waals surface area contributed by atoms with Crippen LogP contribution in [0.5, 0.6) is 0 Å². The van der Waals surface area contributed by atoms with E-state index in [1.807, 2.05) is 0 Å². The van der Waals surface area contributed by atoms with Gasteiger partial charge < -0.3 is 15.6 Å². The molecule has 1 aromatic carbocycles. The number of nitro benzene ring substituents is 1. The Kier molecular flexibility index (Phi) is 6.60. The molecule has 3 N–H and O–H groups in total. The molecular formula is C13H15N3O9S. The molecule has 1 rings (SSSR count). The lowest BCUT2D eigenvalue weighted by atomic mass is 10.2. The van der Waals surface area contributed by atoms with Crippen molar-refractivity contribution in [2.75, 3.05) is 6.61 Å². The van der Waals surface area contributed by atoms with E-state index in [0.29, 0.717) is 0 Å². The molecular weight excluding hydrogens is 374 g/mol. The third-order valence-corrected chi connectivity index (χ3v) is 4.80. The minimum atomic E-state index is -4.81. The Morgan fingerprint density at radius 3 is 2.23 bits per heavy atom. The van der Waals surface area contributed by atoms with Crippen molar-refractivity contribution < 1.29 is 37.6 Å². The van der Waals surface area contributed by atoms with Crippen molar-refractivity contribution in [1.29, 1.82) is 0 Å². The Labute approximate surface area is 147 Å². The fraction of sp³-hybridized carbons (Fsp3) is 0.308. The van der Waals surface area contributed by atoms with Crippen LogP contribution in [0.1, 0.15) is 13.3 Å². The summed E-state index contributed by atoms with van der Waals surface area (Å²) in [7, 11) is -4.81. The molecule has 0 aliphatic carbocycles. The third kappa shape index (κ3) is 4.66. The highest BCUT2D eigenvalue weighted by atomic mass is 32.2. The number of carboxylic acids is 1. The number of carbonyl (C=O) groups excluding carboxylic acids is 2. The SMILES string of the molecule is CCOC(=O)N([C@@H](CC(N)=O)C(=O)O)S(=O)(=O)c1ccc([N+](=O)[O-])cc1. The van der Waals surface area contributed by atoms with Crippen molar-refractivity contribution in [3.05, 3.63) is 34.4 Å². The lowest BCUT2D eigenvalue weighted by Crippen LogP contribution is -2.50. The van der Waals surface area contributed by atoms with Gasteiger partial charge in [0.15, 0.2) is 6.04 Å². The quantitative estimate of drug-likeness (QED) is 0.458. The molecule has 12 nitrogen and oxygen atoms in total. The maximum atomic E-state index is 12.7. The van der Waals surface area contributed by atoms with Crippen molar-refractivity contribution >= 4 is 33.7 Å². The standard InChI is InChI=1S/C13H15N3O9S/c1-2-25-13(20)15(10(12(18)19)7-11(14)17)26(23,24)9-5-3-8(4-6-9)16(21)22/h3-6,10H,2,7H2,1H3,(H2,14,17)(H,18,19)/t10-/m0/s1. The number of nitrogens with two attached hydrogens (primary N) is 1. The first-order valence-corrected chi connectivity index (χ1v) is 8.43. The first-order chi connectivity index (χ1) is 12.0. The maximum absolute atomic E-state index is 12.7. The van der Waals surface area contributed by atoms with Gasteiger partial charge in [0.25, 0.3) is 15.7 Å². The van der Waals surface area contributed by atoms with Gasteiger partial charge in [-0.25, -0.2) is 18.0 Å². The largest absolute Gasteiger partial charge is 0.480 e. The number of hydrogen-bond donors (Lipinski definition) is 2. The smallest absolute Gasteiger partial charge is 0.424 e. The number of non-ortho nitro benzene ring substituents is 1. The second-order valence-corrected chi connectivity index (χ2v) is 6.59. The van der Waals surface area contributed by atoms with Gasteiger partial charge in [0.2, 0.25) is 5.91 Å². The summed E-state index contributed by atoms with van der Waals surface area (Å²) in [6.45, 7) is 1.09. The number of rotatable bonds is 8. The molecule has 0 unspecified atom stereocenters. The van der Waals surface area contributed by atoms with Gasteiger partial charge in [-0.2, -0.15) is 4.31 Å². The summed E-state index contributed by atoms with van der Waals surface area (Å²) in [5, 5.41) is 19.9. The normalized spacial score (nSPS) is 12.0. The van der Waals surface area contributed by atoms with Crippen molar-refractivity contribution in [3.8, 4) is 0 Å². The van der Waals surface area contributed by atoms with Gasteiger partial charge >= 0.3 is 12.1 Å². The summed E-state index contributed by atoms with van der Waals surface area (Å²) in [6, 6.07) is 1.22. The van der Waals surface area contributed by atoms with E-state index < -0.39 is 56.0 Å². The van der Waals surface area contributed by atoms with Crippen molar-refractivity contribution in [2.45, 2.75) is 24.3 Å². The first-order valence-electron chi connectivity index (χ1n) is 6.99. The van der Waals surface area contributed by atoms with E-state index in [-0.39, 0.29) is 10.9 Å². The monoisotopic (exact) mass is 389 g/mol. The van der Waals surface area contributed by atoms with Gasteiger partial charge in [-0.3, -0.25) is 14.9 Å². The molecule has 0 spiro atoms. The minimum absolute atomic E-state index is 0.120. The van der Waals surface area contributed by atoms with Crippen LogP contribution in [-0.4, -0.2) is 53.4 Å². The van der Waals surface area contributed by atoms with Gasteiger partial charge in [0, 0.05) is 12.1 Å². The Morgan fingerprint density at radius 2 is 1.85 bits per heavy atom. The van der Waals surface area contributed by atoms with E-state index in [2.05, 4.69) is 4.74 Å². The van der Waals surface area contributed by atoms with Crippen LogP contribution in [-0.2, 0) is 24.3 Å². The number of amides is 2. The van der Waals surface area contributed by atoms with Gasteiger partial charge in [-0.05, 0) is 19.1 Å². The topological polar surface area (TPSA) is 187 Å². The van der Waals surface area contributed by atoms with Crippen LogP contribution >= 0.6 is 0 Å². The highest BCUT2D eigenvalue weighted by molar-refractivity contribution is 7.89. The number of ether oxygens (including phenoxy) is 1. The van der Waals surface area contributed by atoms with E-state index in [1.54, 1.807) is 0 Å². The van der Waals surface area contributed by atoms with Crippen LogP contribution in [0.15, 0.2) is 29.2 Å². The molecule has 13 heteroatoms. The van der Waals surface area contributed by atoms with E-state index in [9.17, 15) is 38.0 Å². The van der Waals surface area contributed by atoms with Gasteiger partial charge in [-0.15, -0.1) is 0 Å². The Balaban J connectivity index is 3.47. The second-order valence-electron chi connectivity index (χ2n) is 4.78. The predicted octanol–water partition coefficient (Wildman–Crippen LogP) is 0.0706. The van der Waals surface area contributed by atoms with Crippen LogP contribution in [0.4, 0.5) is 10.5 Å². The first kappa shape index (κ1) is 20.8. The van der Waals surface area contributed by atoms with Gasteiger partial charge in [-0.1, -0.05) is 0 Å². The number of primary amides is 1. The average molecular weight is 389 g/mol. The predicted molar refractivity (Wildman–Crippen MR) is 84.4 cm³/mol. The Hall–Kier alpha value is -3.22.